The summed E-state index contributed by atoms with van der Waals surface area (Å²) in [7, 11) is 0. The smallest absolute Gasteiger partial charge is 0.321 e. The second kappa shape index (κ2) is 6.95. The first-order valence-corrected chi connectivity index (χ1v) is 6.05. The van der Waals surface area contributed by atoms with Crippen molar-refractivity contribution in [2.45, 2.75) is 19.8 Å². The molecule has 1 fully saturated rings. The van der Waals surface area contributed by atoms with E-state index in [2.05, 4.69) is 10.6 Å². The number of carbonyl (C=O) groups is 3. The Morgan fingerprint density at radius 3 is 2.39 bits per heavy atom. The molecular formula is C11H19N3O4. The van der Waals surface area contributed by atoms with E-state index in [9.17, 15) is 14.4 Å². The Morgan fingerprint density at radius 1 is 1.28 bits per heavy atom. The van der Waals surface area contributed by atoms with Gasteiger partial charge in [-0.15, -0.1) is 0 Å². The fourth-order valence-electron chi connectivity index (χ4n) is 1.91. The molecule has 18 heavy (non-hydrogen) atoms. The van der Waals surface area contributed by atoms with E-state index >= 15 is 0 Å². The number of amides is 3. The highest BCUT2D eigenvalue weighted by Crippen LogP contribution is 2.16. The zero-order valence-corrected chi connectivity index (χ0v) is 10.4. The van der Waals surface area contributed by atoms with Crippen molar-refractivity contribution in [3.8, 4) is 0 Å². The van der Waals surface area contributed by atoms with Gasteiger partial charge in [0.1, 0.15) is 0 Å². The zero-order valence-electron chi connectivity index (χ0n) is 10.4. The molecule has 0 bridgehead atoms. The summed E-state index contributed by atoms with van der Waals surface area (Å²) >= 11 is 0. The van der Waals surface area contributed by atoms with Gasteiger partial charge >= 0.3 is 12.0 Å². The van der Waals surface area contributed by atoms with Crippen LogP contribution < -0.4 is 10.6 Å². The van der Waals surface area contributed by atoms with Gasteiger partial charge in [-0.25, -0.2) is 4.79 Å². The molecule has 7 nitrogen and oxygen atoms in total. The van der Waals surface area contributed by atoms with Crippen LogP contribution in [0.4, 0.5) is 4.79 Å². The fourth-order valence-corrected chi connectivity index (χ4v) is 1.91. The highest BCUT2D eigenvalue weighted by atomic mass is 16.4. The molecule has 7 heteroatoms. The average Bonchev–Trinajstić information content (AvgIpc) is 2.29. The lowest BCUT2D eigenvalue weighted by Crippen LogP contribution is -2.46. The molecule has 1 aliphatic rings. The number of aliphatic carboxylic acids is 1. The molecule has 0 radical (unpaired) electrons. The summed E-state index contributed by atoms with van der Waals surface area (Å²) in [6.45, 7) is 3.49. The van der Waals surface area contributed by atoms with Gasteiger partial charge in [0.2, 0.25) is 5.91 Å². The third-order valence-electron chi connectivity index (χ3n) is 2.89. The van der Waals surface area contributed by atoms with Gasteiger partial charge in [0.15, 0.2) is 0 Å². The SMILES string of the molecule is CCNC(=O)NC(=O)CN1CCC(C(=O)O)CC1. The Labute approximate surface area is 106 Å². The zero-order chi connectivity index (χ0) is 13.5. The van der Waals surface area contributed by atoms with E-state index in [1.165, 1.54) is 0 Å². The molecule has 1 rings (SSSR count). The third kappa shape index (κ3) is 4.70. The maximum absolute atomic E-state index is 11.5. The van der Waals surface area contributed by atoms with Crippen LogP contribution in [0.15, 0.2) is 0 Å². The normalized spacial score (nSPS) is 17.2. The number of carbonyl (C=O) groups excluding carboxylic acids is 2. The largest absolute Gasteiger partial charge is 0.481 e. The van der Waals surface area contributed by atoms with E-state index in [4.69, 9.17) is 5.11 Å². The number of piperidine rings is 1. The summed E-state index contributed by atoms with van der Waals surface area (Å²) in [5.74, 6) is -1.45. The number of hydrogen-bond donors (Lipinski definition) is 3. The molecule has 0 aromatic rings. The number of nitrogens with zero attached hydrogens (tertiary/aromatic N) is 1. The van der Waals surface area contributed by atoms with Crippen molar-refractivity contribution in [1.29, 1.82) is 0 Å². The second-order valence-corrected chi connectivity index (χ2v) is 4.30. The minimum absolute atomic E-state index is 0.128. The monoisotopic (exact) mass is 257 g/mol. The Bertz CT molecular complexity index is 324. The van der Waals surface area contributed by atoms with Crippen LogP contribution in [0.25, 0.3) is 0 Å². The molecule has 0 spiro atoms. The summed E-state index contributed by atoms with van der Waals surface area (Å²) < 4.78 is 0. The van der Waals surface area contributed by atoms with Crippen LogP contribution >= 0.6 is 0 Å². The van der Waals surface area contributed by atoms with Gasteiger partial charge in [-0.1, -0.05) is 0 Å². The molecule has 0 unspecified atom stereocenters. The molecule has 0 aliphatic carbocycles. The molecule has 102 valence electrons. The lowest BCUT2D eigenvalue weighted by molar-refractivity contribution is -0.143. The first-order valence-electron chi connectivity index (χ1n) is 6.05. The molecule has 0 aromatic carbocycles. The highest BCUT2D eigenvalue weighted by molar-refractivity contribution is 5.95. The maximum Gasteiger partial charge on any atom is 0.321 e. The van der Waals surface area contributed by atoms with E-state index < -0.39 is 12.0 Å². The predicted molar refractivity (Wildman–Crippen MR) is 64.0 cm³/mol. The molecule has 1 saturated heterocycles. The lowest BCUT2D eigenvalue weighted by atomic mass is 9.97. The minimum Gasteiger partial charge on any atom is -0.481 e. The molecule has 1 aliphatic heterocycles. The summed E-state index contributed by atoms with van der Waals surface area (Å²) in [5.41, 5.74) is 0. The van der Waals surface area contributed by atoms with Crippen molar-refractivity contribution in [2.24, 2.45) is 5.92 Å². The maximum atomic E-state index is 11.5. The van der Waals surface area contributed by atoms with Crippen LogP contribution in [0.2, 0.25) is 0 Å². The van der Waals surface area contributed by atoms with Gasteiger partial charge in [0.25, 0.3) is 0 Å². The number of rotatable bonds is 4. The van der Waals surface area contributed by atoms with E-state index in [1.807, 2.05) is 4.90 Å². The quantitative estimate of drug-likeness (QED) is 0.638. The highest BCUT2D eigenvalue weighted by Gasteiger charge is 2.25. The van der Waals surface area contributed by atoms with Crippen LogP contribution in [0.3, 0.4) is 0 Å². The van der Waals surface area contributed by atoms with Gasteiger partial charge in [-0.05, 0) is 32.9 Å². The predicted octanol–water partition coefficient (Wildman–Crippen LogP) is -0.371. The number of carboxylic acid groups (broad SMARTS) is 1. The number of imide groups is 1. The second-order valence-electron chi connectivity index (χ2n) is 4.30. The standard InChI is InChI=1S/C11H19N3O4/c1-2-12-11(18)13-9(15)7-14-5-3-8(4-6-14)10(16)17/h8H,2-7H2,1H3,(H,16,17)(H2,12,13,15,18). The van der Waals surface area contributed by atoms with Crippen molar-refractivity contribution in [3.63, 3.8) is 0 Å². The summed E-state index contributed by atoms with van der Waals surface area (Å²) in [6.07, 6.45) is 1.09. The molecule has 0 saturated carbocycles. The van der Waals surface area contributed by atoms with E-state index in [-0.39, 0.29) is 18.4 Å². The van der Waals surface area contributed by atoms with Crippen LogP contribution in [0.5, 0.6) is 0 Å². The number of likely N-dealkylation sites (tertiary alicyclic amines) is 1. The van der Waals surface area contributed by atoms with Crippen molar-refractivity contribution in [3.05, 3.63) is 0 Å². The molecule has 0 atom stereocenters. The van der Waals surface area contributed by atoms with Crippen LogP contribution in [-0.4, -0.2) is 54.1 Å². The molecule has 3 amide bonds. The van der Waals surface area contributed by atoms with Gasteiger partial charge < -0.3 is 10.4 Å². The van der Waals surface area contributed by atoms with Gasteiger partial charge in [0.05, 0.1) is 12.5 Å². The number of carboxylic acids is 1. The van der Waals surface area contributed by atoms with E-state index in [0.717, 1.165) is 0 Å². The lowest BCUT2D eigenvalue weighted by Gasteiger charge is -2.29. The summed E-state index contributed by atoms with van der Waals surface area (Å²) in [4.78, 5) is 35.2. The van der Waals surface area contributed by atoms with Crippen LogP contribution in [0.1, 0.15) is 19.8 Å². The third-order valence-corrected chi connectivity index (χ3v) is 2.89. The topological polar surface area (TPSA) is 98.7 Å². The summed E-state index contributed by atoms with van der Waals surface area (Å²) in [6, 6.07) is -0.497. The van der Waals surface area contributed by atoms with Gasteiger partial charge in [0, 0.05) is 6.54 Å². The average molecular weight is 257 g/mol. The molecule has 1 heterocycles. The van der Waals surface area contributed by atoms with E-state index in [0.29, 0.717) is 32.5 Å². The van der Waals surface area contributed by atoms with Crippen LogP contribution in [0, 0.1) is 5.92 Å². The Hall–Kier alpha value is -1.63. The first kappa shape index (κ1) is 14.4. The van der Waals surface area contributed by atoms with Crippen molar-refractivity contribution < 1.29 is 19.5 Å². The van der Waals surface area contributed by atoms with Crippen molar-refractivity contribution in [2.75, 3.05) is 26.2 Å². The Kier molecular flexibility index (Phi) is 5.57. The van der Waals surface area contributed by atoms with Gasteiger partial charge in [-0.2, -0.15) is 0 Å². The Morgan fingerprint density at radius 2 is 1.89 bits per heavy atom. The number of nitrogens with one attached hydrogen (secondary N) is 2. The fraction of sp³-hybridized carbons (Fsp3) is 0.727. The van der Waals surface area contributed by atoms with Gasteiger partial charge in [-0.3, -0.25) is 19.8 Å². The van der Waals surface area contributed by atoms with Crippen molar-refractivity contribution in [1.82, 2.24) is 15.5 Å². The van der Waals surface area contributed by atoms with Crippen molar-refractivity contribution >= 4 is 17.9 Å². The van der Waals surface area contributed by atoms with E-state index in [1.54, 1.807) is 6.92 Å². The number of hydrogen-bond acceptors (Lipinski definition) is 4. The molecular weight excluding hydrogens is 238 g/mol. The molecule has 3 N–H and O–H groups in total. The molecule has 0 aromatic heterocycles. The van der Waals surface area contributed by atoms with Crippen LogP contribution in [-0.2, 0) is 9.59 Å². The summed E-state index contributed by atoms with van der Waals surface area (Å²) in [5, 5.41) is 13.5. The first-order chi connectivity index (χ1) is 8.52. The minimum atomic E-state index is -0.776. The number of urea groups is 1. The Balaban J connectivity index is 2.26.